The van der Waals surface area contributed by atoms with Gasteiger partial charge in [-0.05, 0) is 31.2 Å². The van der Waals surface area contributed by atoms with Gasteiger partial charge in [0.2, 0.25) is 0 Å². The summed E-state index contributed by atoms with van der Waals surface area (Å²) in [7, 11) is 0. The SMILES string of the molecule is O=C(O)N1CCC(CCn2cnc3c(Cl)nc4ccccc4c32)CC1. The number of carboxylic acid groups (broad SMARTS) is 1. The number of hydrogen-bond acceptors (Lipinski definition) is 3. The van der Waals surface area contributed by atoms with Crippen molar-refractivity contribution in [1.29, 1.82) is 0 Å². The minimum Gasteiger partial charge on any atom is -0.465 e. The molecular weight excluding hydrogens is 340 g/mol. The lowest BCUT2D eigenvalue weighted by Crippen LogP contribution is -2.37. The maximum atomic E-state index is 11.0. The molecule has 1 amide bonds. The fourth-order valence-corrected chi connectivity index (χ4v) is 3.88. The number of piperidine rings is 1. The maximum absolute atomic E-state index is 11.0. The summed E-state index contributed by atoms with van der Waals surface area (Å²) in [6.45, 7) is 2.10. The second-order valence-electron chi connectivity index (χ2n) is 6.56. The standard InChI is InChI=1S/C18H19ClN4O2/c19-17-15-16(13-3-1-2-4-14(13)21-17)23(11-20-15)10-7-12-5-8-22(9-6-12)18(24)25/h1-4,11-12H,5-10H2,(H,24,25). The van der Waals surface area contributed by atoms with E-state index in [1.165, 1.54) is 4.90 Å². The van der Waals surface area contributed by atoms with Gasteiger partial charge in [0.05, 0.1) is 17.4 Å². The lowest BCUT2D eigenvalue weighted by Gasteiger charge is -2.30. The third-order valence-corrected chi connectivity index (χ3v) is 5.34. The van der Waals surface area contributed by atoms with Gasteiger partial charge in [-0.25, -0.2) is 14.8 Å². The number of aromatic nitrogens is 3. The topological polar surface area (TPSA) is 71.2 Å². The first-order valence-electron chi connectivity index (χ1n) is 8.50. The van der Waals surface area contributed by atoms with E-state index in [-0.39, 0.29) is 0 Å². The number of rotatable bonds is 3. The number of likely N-dealkylation sites (tertiary alicyclic amines) is 1. The molecule has 0 unspecified atom stereocenters. The maximum Gasteiger partial charge on any atom is 0.407 e. The van der Waals surface area contributed by atoms with Gasteiger partial charge in [0.15, 0.2) is 5.15 Å². The average Bonchev–Trinajstić information content (AvgIpc) is 3.05. The molecule has 0 radical (unpaired) electrons. The van der Waals surface area contributed by atoms with Gasteiger partial charge in [-0.3, -0.25) is 0 Å². The van der Waals surface area contributed by atoms with Gasteiger partial charge in [-0.15, -0.1) is 0 Å². The number of halogens is 1. The van der Waals surface area contributed by atoms with Crippen molar-refractivity contribution in [3.63, 3.8) is 0 Å². The Kier molecular flexibility index (Phi) is 4.21. The predicted molar refractivity (Wildman–Crippen MR) is 97.0 cm³/mol. The molecule has 7 heteroatoms. The van der Waals surface area contributed by atoms with Crippen molar-refractivity contribution in [2.75, 3.05) is 13.1 Å². The van der Waals surface area contributed by atoms with Gasteiger partial charge in [-0.2, -0.15) is 0 Å². The Morgan fingerprint density at radius 2 is 2.04 bits per heavy atom. The van der Waals surface area contributed by atoms with Gasteiger partial charge in [0.25, 0.3) is 0 Å². The van der Waals surface area contributed by atoms with E-state index in [0.717, 1.165) is 47.7 Å². The van der Waals surface area contributed by atoms with Gasteiger partial charge >= 0.3 is 6.09 Å². The number of amides is 1. The number of pyridine rings is 1. The summed E-state index contributed by atoms with van der Waals surface area (Å²) < 4.78 is 2.15. The Morgan fingerprint density at radius 1 is 1.28 bits per heavy atom. The molecule has 130 valence electrons. The Balaban J connectivity index is 1.55. The van der Waals surface area contributed by atoms with Crippen molar-refractivity contribution >= 4 is 39.6 Å². The molecule has 0 spiro atoms. The summed E-state index contributed by atoms with van der Waals surface area (Å²) in [6, 6.07) is 7.95. The van der Waals surface area contributed by atoms with E-state index in [9.17, 15) is 4.79 Å². The van der Waals surface area contributed by atoms with E-state index < -0.39 is 6.09 Å². The second kappa shape index (κ2) is 6.52. The number of nitrogens with zero attached hydrogens (tertiary/aromatic N) is 4. The third kappa shape index (κ3) is 3.02. The van der Waals surface area contributed by atoms with Gasteiger partial charge in [0.1, 0.15) is 5.52 Å². The van der Waals surface area contributed by atoms with E-state index in [0.29, 0.717) is 24.2 Å². The Labute approximate surface area is 150 Å². The van der Waals surface area contributed by atoms with Gasteiger partial charge < -0.3 is 14.6 Å². The predicted octanol–water partition coefficient (Wildman–Crippen LogP) is 4.02. The first kappa shape index (κ1) is 16.1. The van der Waals surface area contributed by atoms with Crippen molar-refractivity contribution in [3.8, 4) is 0 Å². The summed E-state index contributed by atoms with van der Waals surface area (Å²) >= 11 is 6.30. The van der Waals surface area contributed by atoms with Crippen molar-refractivity contribution in [1.82, 2.24) is 19.4 Å². The molecule has 0 aliphatic carbocycles. The van der Waals surface area contributed by atoms with Crippen LogP contribution in [0, 0.1) is 5.92 Å². The highest BCUT2D eigenvalue weighted by Crippen LogP contribution is 2.29. The molecule has 1 aromatic carbocycles. The van der Waals surface area contributed by atoms with Crippen LogP contribution in [0.3, 0.4) is 0 Å². The molecule has 3 heterocycles. The highest BCUT2D eigenvalue weighted by molar-refractivity contribution is 6.35. The van der Waals surface area contributed by atoms with E-state index in [1.54, 1.807) is 0 Å². The van der Waals surface area contributed by atoms with Crippen molar-refractivity contribution in [2.24, 2.45) is 5.92 Å². The summed E-state index contributed by atoms with van der Waals surface area (Å²) in [5.74, 6) is 0.539. The van der Waals surface area contributed by atoms with Gasteiger partial charge in [0, 0.05) is 25.0 Å². The number of hydrogen-bond donors (Lipinski definition) is 1. The van der Waals surface area contributed by atoms with Crippen LogP contribution < -0.4 is 0 Å². The van der Waals surface area contributed by atoms with Crippen LogP contribution in [0.15, 0.2) is 30.6 Å². The van der Waals surface area contributed by atoms with E-state index >= 15 is 0 Å². The summed E-state index contributed by atoms with van der Waals surface area (Å²) in [5, 5.41) is 10.5. The molecule has 4 rings (SSSR count). The molecular formula is C18H19ClN4O2. The molecule has 1 aliphatic heterocycles. The number of benzene rings is 1. The molecule has 25 heavy (non-hydrogen) atoms. The third-order valence-electron chi connectivity index (χ3n) is 5.07. The lowest BCUT2D eigenvalue weighted by molar-refractivity contribution is 0.122. The summed E-state index contributed by atoms with van der Waals surface area (Å²) in [5.41, 5.74) is 2.64. The molecule has 2 aromatic heterocycles. The largest absolute Gasteiger partial charge is 0.465 e. The van der Waals surface area contributed by atoms with Crippen LogP contribution in [0.5, 0.6) is 0 Å². The molecule has 6 nitrogen and oxygen atoms in total. The van der Waals surface area contributed by atoms with Crippen molar-refractivity contribution in [2.45, 2.75) is 25.8 Å². The molecule has 1 N–H and O–H groups in total. The Hall–Kier alpha value is -2.34. The number of para-hydroxylation sites is 1. The van der Waals surface area contributed by atoms with Crippen LogP contribution in [-0.2, 0) is 6.54 Å². The monoisotopic (exact) mass is 358 g/mol. The second-order valence-corrected chi connectivity index (χ2v) is 6.91. The molecule has 1 aliphatic rings. The minimum atomic E-state index is -0.812. The van der Waals surface area contributed by atoms with Crippen molar-refractivity contribution in [3.05, 3.63) is 35.7 Å². The number of carbonyl (C=O) groups is 1. The lowest BCUT2D eigenvalue weighted by atomic mass is 9.94. The smallest absolute Gasteiger partial charge is 0.407 e. The minimum absolute atomic E-state index is 0.433. The normalized spacial score (nSPS) is 16.0. The molecule has 0 atom stereocenters. The molecule has 0 saturated carbocycles. The fourth-order valence-electron chi connectivity index (χ4n) is 3.65. The van der Waals surface area contributed by atoms with E-state index in [4.69, 9.17) is 16.7 Å². The molecule has 0 bridgehead atoms. The highest BCUT2D eigenvalue weighted by atomic mass is 35.5. The number of fused-ring (bicyclic) bond motifs is 3. The van der Waals surface area contributed by atoms with Crippen molar-refractivity contribution < 1.29 is 9.90 Å². The summed E-state index contributed by atoms with van der Waals surface area (Å²) in [6.07, 6.45) is 3.86. The molecule has 1 saturated heterocycles. The van der Waals surface area contributed by atoms with Crippen LogP contribution >= 0.6 is 11.6 Å². The molecule has 3 aromatic rings. The van der Waals surface area contributed by atoms with Crippen LogP contribution in [-0.4, -0.2) is 43.7 Å². The van der Waals surface area contributed by atoms with Crippen LogP contribution in [0.1, 0.15) is 19.3 Å². The van der Waals surface area contributed by atoms with E-state index in [2.05, 4.69) is 14.5 Å². The quantitative estimate of drug-likeness (QED) is 0.718. The zero-order valence-corrected chi connectivity index (χ0v) is 14.5. The van der Waals surface area contributed by atoms with Crippen LogP contribution in [0.25, 0.3) is 21.9 Å². The summed E-state index contributed by atoms with van der Waals surface area (Å²) in [4.78, 5) is 21.4. The van der Waals surface area contributed by atoms with Crippen LogP contribution in [0.2, 0.25) is 5.15 Å². The fraction of sp³-hybridized carbons (Fsp3) is 0.389. The number of aryl methyl sites for hydroxylation is 1. The Bertz CT molecular complexity index is 931. The zero-order valence-electron chi connectivity index (χ0n) is 13.7. The van der Waals surface area contributed by atoms with E-state index in [1.807, 2.05) is 30.6 Å². The first-order valence-corrected chi connectivity index (χ1v) is 8.88. The highest BCUT2D eigenvalue weighted by Gasteiger charge is 2.22. The Morgan fingerprint density at radius 3 is 2.80 bits per heavy atom. The van der Waals surface area contributed by atoms with Gasteiger partial charge in [-0.1, -0.05) is 29.8 Å². The zero-order chi connectivity index (χ0) is 17.4. The first-order chi connectivity index (χ1) is 12.1. The average molecular weight is 359 g/mol. The van der Waals surface area contributed by atoms with Crippen LogP contribution in [0.4, 0.5) is 4.79 Å². The number of imidazole rings is 1. The molecule has 1 fully saturated rings.